The molecule has 140 valence electrons. The molecule has 0 aromatic heterocycles. The monoisotopic (exact) mass is 377 g/mol. The van der Waals surface area contributed by atoms with Gasteiger partial charge in [0.15, 0.2) is 0 Å². The van der Waals surface area contributed by atoms with Gasteiger partial charge in [-0.3, -0.25) is 4.79 Å². The van der Waals surface area contributed by atoms with E-state index in [2.05, 4.69) is 72.4 Å². The van der Waals surface area contributed by atoms with E-state index in [9.17, 15) is 4.79 Å². The molecule has 1 amide bonds. The van der Waals surface area contributed by atoms with Crippen LogP contribution >= 0.6 is 11.8 Å². The third-order valence-corrected chi connectivity index (χ3v) is 9.07. The van der Waals surface area contributed by atoms with E-state index >= 15 is 0 Å². The van der Waals surface area contributed by atoms with Crippen molar-refractivity contribution in [2.45, 2.75) is 48.5 Å². The summed E-state index contributed by atoms with van der Waals surface area (Å²) in [5.74, 6) is 2.23. The normalized spacial score (nSPS) is 36.7. The van der Waals surface area contributed by atoms with Crippen LogP contribution in [0, 0.1) is 17.3 Å². The third-order valence-electron chi connectivity index (χ3n) is 7.41. The quantitative estimate of drug-likeness (QED) is 0.803. The van der Waals surface area contributed by atoms with Crippen LogP contribution in [0.15, 0.2) is 60.7 Å². The first-order valence-electron chi connectivity index (χ1n) is 10.1. The van der Waals surface area contributed by atoms with E-state index in [0.717, 1.165) is 25.0 Å². The van der Waals surface area contributed by atoms with E-state index in [1.807, 2.05) is 0 Å². The zero-order valence-corrected chi connectivity index (χ0v) is 16.5. The van der Waals surface area contributed by atoms with Gasteiger partial charge in [0.2, 0.25) is 5.91 Å². The third kappa shape index (κ3) is 2.82. The SMILES string of the molecule is NC(=O)C12CC3CC(c4ccccc4)(CC(C1)C3SCc1ccccc1)C2. The number of rotatable bonds is 5. The average molecular weight is 378 g/mol. The molecule has 27 heavy (non-hydrogen) atoms. The van der Waals surface area contributed by atoms with Crippen LogP contribution in [0.2, 0.25) is 0 Å². The predicted octanol–water partition coefficient (Wildman–Crippen LogP) is 4.92. The van der Waals surface area contributed by atoms with Crippen molar-refractivity contribution in [1.29, 1.82) is 0 Å². The highest BCUT2D eigenvalue weighted by atomic mass is 32.2. The van der Waals surface area contributed by atoms with Crippen molar-refractivity contribution in [3.63, 3.8) is 0 Å². The molecule has 4 saturated carbocycles. The van der Waals surface area contributed by atoms with Gasteiger partial charge in [-0.05, 0) is 60.5 Å². The van der Waals surface area contributed by atoms with Crippen LogP contribution in [0.1, 0.15) is 43.2 Å². The van der Waals surface area contributed by atoms with Gasteiger partial charge < -0.3 is 5.73 Å². The lowest BCUT2D eigenvalue weighted by Crippen LogP contribution is -2.62. The van der Waals surface area contributed by atoms with E-state index in [4.69, 9.17) is 5.73 Å². The van der Waals surface area contributed by atoms with Crippen molar-refractivity contribution in [1.82, 2.24) is 0 Å². The highest BCUT2D eigenvalue weighted by Crippen LogP contribution is 2.67. The molecule has 3 heteroatoms. The molecule has 0 saturated heterocycles. The number of hydrogen-bond donors (Lipinski definition) is 1. The first-order valence-corrected chi connectivity index (χ1v) is 11.2. The van der Waals surface area contributed by atoms with Crippen LogP contribution in [0.3, 0.4) is 0 Å². The molecule has 2 aromatic carbocycles. The summed E-state index contributed by atoms with van der Waals surface area (Å²) in [5, 5.41) is 0.662. The number of carbonyl (C=O) groups excluding carboxylic acids is 1. The molecule has 4 aliphatic carbocycles. The molecule has 6 rings (SSSR count). The number of carbonyl (C=O) groups is 1. The van der Waals surface area contributed by atoms with Crippen molar-refractivity contribution in [2.75, 3.05) is 0 Å². The Morgan fingerprint density at radius 1 is 0.926 bits per heavy atom. The topological polar surface area (TPSA) is 43.1 Å². The van der Waals surface area contributed by atoms with E-state index in [0.29, 0.717) is 17.1 Å². The second-order valence-corrected chi connectivity index (χ2v) is 10.2. The smallest absolute Gasteiger partial charge is 0.223 e. The summed E-state index contributed by atoms with van der Waals surface area (Å²) in [6, 6.07) is 21.7. The molecule has 2 N–H and O–H groups in total. The minimum absolute atomic E-state index is 0.0521. The Kier molecular flexibility index (Phi) is 4.12. The van der Waals surface area contributed by atoms with Crippen molar-refractivity contribution >= 4 is 17.7 Å². The van der Waals surface area contributed by atoms with E-state index in [1.54, 1.807) is 0 Å². The minimum Gasteiger partial charge on any atom is -0.369 e. The van der Waals surface area contributed by atoms with Gasteiger partial charge in [0, 0.05) is 11.0 Å². The predicted molar refractivity (Wildman–Crippen MR) is 111 cm³/mol. The lowest BCUT2D eigenvalue weighted by Gasteiger charge is -2.64. The molecule has 2 unspecified atom stereocenters. The summed E-state index contributed by atoms with van der Waals surface area (Å²) in [4.78, 5) is 12.5. The molecule has 4 fully saturated rings. The second-order valence-electron chi connectivity index (χ2n) is 9.07. The lowest BCUT2D eigenvalue weighted by molar-refractivity contribution is -0.144. The molecule has 4 aliphatic rings. The van der Waals surface area contributed by atoms with Gasteiger partial charge in [0.05, 0.1) is 5.41 Å². The molecule has 0 radical (unpaired) electrons. The summed E-state index contributed by atoms with van der Waals surface area (Å²) in [7, 11) is 0. The maximum atomic E-state index is 12.5. The van der Waals surface area contributed by atoms with Gasteiger partial charge in [0.1, 0.15) is 0 Å². The second kappa shape index (κ2) is 6.41. The van der Waals surface area contributed by atoms with Gasteiger partial charge in [-0.25, -0.2) is 0 Å². The van der Waals surface area contributed by atoms with Crippen LogP contribution in [-0.2, 0) is 16.0 Å². The number of benzene rings is 2. The summed E-state index contributed by atoms with van der Waals surface area (Å²) in [6.45, 7) is 0. The average Bonchev–Trinajstić information content (AvgIpc) is 2.68. The van der Waals surface area contributed by atoms with Gasteiger partial charge in [-0.15, -0.1) is 0 Å². The van der Waals surface area contributed by atoms with Gasteiger partial charge in [0.25, 0.3) is 0 Å². The zero-order valence-electron chi connectivity index (χ0n) is 15.6. The summed E-state index contributed by atoms with van der Waals surface area (Å²) >= 11 is 2.12. The number of thioether (sulfide) groups is 1. The van der Waals surface area contributed by atoms with Gasteiger partial charge in [-0.2, -0.15) is 11.8 Å². The van der Waals surface area contributed by atoms with Gasteiger partial charge in [-0.1, -0.05) is 60.7 Å². The fourth-order valence-electron chi connectivity index (χ4n) is 6.56. The Balaban J connectivity index is 1.44. The maximum absolute atomic E-state index is 12.5. The molecule has 2 aromatic rings. The number of primary amides is 1. The van der Waals surface area contributed by atoms with Crippen LogP contribution in [0.25, 0.3) is 0 Å². The molecule has 0 heterocycles. The highest BCUT2D eigenvalue weighted by Gasteiger charge is 2.63. The molecule has 4 bridgehead atoms. The summed E-state index contributed by atoms with van der Waals surface area (Å²) in [5.41, 5.74) is 8.71. The van der Waals surface area contributed by atoms with E-state index in [1.165, 1.54) is 24.0 Å². The standard InChI is InChI=1S/C24H27NOS/c25-22(26)24-13-18-11-23(16-24,20-9-5-2-6-10-20)12-19(14-24)21(18)27-15-17-7-3-1-4-8-17/h1-10,18-19,21H,11-16H2,(H2,25,26). The summed E-state index contributed by atoms with van der Waals surface area (Å²) < 4.78 is 0. The van der Waals surface area contributed by atoms with Crippen molar-refractivity contribution < 1.29 is 4.79 Å². The number of amides is 1. The maximum Gasteiger partial charge on any atom is 0.223 e. The molecule has 2 nitrogen and oxygen atoms in total. The van der Waals surface area contributed by atoms with Crippen molar-refractivity contribution in [2.24, 2.45) is 23.0 Å². The van der Waals surface area contributed by atoms with Crippen LogP contribution in [-0.4, -0.2) is 11.2 Å². The minimum atomic E-state index is -0.272. The van der Waals surface area contributed by atoms with Gasteiger partial charge >= 0.3 is 0 Å². The molecule has 0 spiro atoms. The van der Waals surface area contributed by atoms with Crippen LogP contribution < -0.4 is 5.73 Å². The number of nitrogens with two attached hydrogens (primary N) is 1. The van der Waals surface area contributed by atoms with Crippen LogP contribution in [0.4, 0.5) is 0 Å². The molecular weight excluding hydrogens is 350 g/mol. The molecule has 0 aliphatic heterocycles. The summed E-state index contributed by atoms with van der Waals surface area (Å²) in [6.07, 6.45) is 5.40. The Bertz CT molecular complexity index is 818. The Labute approximate surface area is 165 Å². The fourth-order valence-corrected chi connectivity index (χ4v) is 8.07. The van der Waals surface area contributed by atoms with E-state index in [-0.39, 0.29) is 16.7 Å². The largest absolute Gasteiger partial charge is 0.369 e. The lowest BCUT2D eigenvalue weighted by atomic mass is 9.42. The van der Waals surface area contributed by atoms with E-state index < -0.39 is 0 Å². The zero-order chi connectivity index (χ0) is 18.5. The Morgan fingerprint density at radius 3 is 2.11 bits per heavy atom. The fraction of sp³-hybridized carbons (Fsp3) is 0.458. The molecular formula is C24H27NOS. The highest BCUT2D eigenvalue weighted by molar-refractivity contribution is 7.99. The first-order chi connectivity index (χ1) is 13.1. The molecule has 2 atom stereocenters. The Hall–Kier alpha value is -1.74. The first kappa shape index (κ1) is 17.4. The number of hydrogen-bond acceptors (Lipinski definition) is 2. The van der Waals surface area contributed by atoms with Crippen molar-refractivity contribution in [3.05, 3.63) is 71.8 Å². The van der Waals surface area contributed by atoms with Crippen LogP contribution in [0.5, 0.6) is 0 Å². The Morgan fingerprint density at radius 2 is 1.52 bits per heavy atom. The van der Waals surface area contributed by atoms with Crippen molar-refractivity contribution in [3.8, 4) is 0 Å².